The maximum Gasteiger partial charge on any atom is 0.244 e. The maximum absolute atomic E-state index is 12.4. The summed E-state index contributed by atoms with van der Waals surface area (Å²) in [6.45, 7) is 1.12. The molecule has 26 heavy (non-hydrogen) atoms. The zero-order valence-corrected chi connectivity index (χ0v) is 16.3. The van der Waals surface area contributed by atoms with Gasteiger partial charge in [0.05, 0.1) is 10.8 Å². The van der Waals surface area contributed by atoms with E-state index < -0.39 is 10.0 Å². The third-order valence-corrected chi connectivity index (χ3v) is 6.97. The van der Waals surface area contributed by atoms with Crippen molar-refractivity contribution in [1.29, 1.82) is 0 Å². The summed E-state index contributed by atoms with van der Waals surface area (Å²) in [5.41, 5.74) is 0.667. The van der Waals surface area contributed by atoms with Crippen LogP contribution in [-0.2, 0) is 14.8 Å². The molecule has 1 aromatic carbocycles. The van der Waals surface area contributed by atoms with Gasteiger partial charge in [-0.15, -0.1) is 0 Å². The van der Waals surface area contributed by atoms with Gasteiger partial charge >= 0.3 is 0 Å². The highest BCUT2D eigenvalue weighted by Crippen LogP contribution is 2.23. The lowest BCUT2D eigenvalue weighted by Crippen LogP contribution is -2.27. The molecule has 0 aliphatic carbocycles. The zero-order valence-electron chi connectivity index (χ0n) is 13.9. The van der Waals surface area contributed by atoms with Gasteiger partial charge in [-0.1, -0.05) is 23.4 Å². The normalized spacial score (nSPS) is 15.1. The monoisotopic (exact) mass is 411 g/mol. The molecule has 0 saturated carbocycles. The smallest absolute Gasteiger partial charge is 0.244 e. The number of hydrogen-bond donors (Lipinski definition) is 1. The van der Waals surface area contributed by atoms with Crippen molar-refractivity contribution in [3.05, 3.63) is 47.6 Å². The zero-order chi connectivity index (χ0) is 18.6. The molecule has 3 rings (SSSR count). The Hall–Kier alpha value is -1.61. The second kappa shape index (κ2) is 8.39. The van der Waals surface area contributed by atoms with Crippen LogP contribution in [0.2, 0.25) is 5.02 Å². The van der Waals surface area contributed by atoms with E-state index in [0.717, 1.165) is 12.8 Å². The predicted molar refractivity (Wildman–Crippen MR) is 103 cm³/mol. The Morgan fingerprint density at radius 1 is 1.15 bits per heavy atom. The van der Waals surface area contributed by atoms with E-state index in [2.05, 4.69) is 10.3 Å². The van der Waals surface area contributed by atoms with E-state index in [0.29, 0.717) is 28.8 Å². The van der Waals surface area contributed by atoms with Crippen LogP contribution in [0.5, 0.6) is 0 Å². The fourth-order valence-electron chi connectivity index (χ4n) is 2.55. The van der Waals surface area contributed by atoms with Crippen molar-refractivity contribution in [2.75, 3.05) is 24.2 Å². The molecule has 2 aromatic rings. The van der Waals surface area contributed by atoms with Gasteiger partial charge < -0.3 is 5.32 Å². The quantitative estimate of drug-likeness (QED) is 0.738. The molecule has 1 N–H and O–H groups in total. The van der Waals surface area contributed by atoms with Gasteiger partial charge in [-0.3, -0.25) is 4.79 Å². The van der Waals surface area contributed by atoms with Crippen molar-refractivity contribution < 1.29 is 13.2 Å². The van der Waals surface area contributed by atoms with Crippen LogP contribution >= 0.6 is 23.4 Å². The van der Waals surface area contributed by atoms with Crippen molar-refractivity contribution in [2.24, 2.45) is 0 Å². The number of hydrogen-bond acceptors (Lipinski definition) is 5. The number of benzene rings is 1. The number of carbonyl (C=O) groups is 1. The number of sulfonamides is 1. The number of thioether (sulfide) groups is 1. The molecule has 0 bridgehead atoms. The second-order valence-electron chi connectivity index (χ2n) is 5.79. The Kier molecular flexibility index (Phi) is 6.18. The molecule has 9 heteroatoms. The van der Waals surface area contributed by atoms with E-state index in [9.17, 15) is 13.2 Å². The number of rotatable bonds is 6. The molecule has 0 atom stereocenters. The second-order valence-corrected chi connectivity index (χ2v) is 9.16. The molecular weight excluding hydrogens is 394 g/mol. The molecule has 0 unspecified atom stereocenters. The highest BCUT2D eigenvalue weighted by molar-refractivity contribution is 7.99. The van der Waals surface area contributed by atoms with Crippen molar-refractivity contribution in [3.8, 4) is 0 Å². The summed E-state index contributed by atoms with van der Waals surface area (Å²) in [7, 11) is -3.46. The highest BCUT2D eigenvalue weighted by Gasteiger charge is 2.27. The standard InChI is InChI=1S/C17H18ClN3O3S2/c18-13-3-5-14(6-4-13)20-16(22)12-25-17-8-7-15(11-19-17)26(23,24)21-9-1-2-10-21/h3-8,11H,1-2,9-10,12H2,(H,20,22). The van der Waals surface area contributed by atoms with Crippen LogP contribution in [0.3, 0.4) is 0 Å². The molecule has 1 saturated heterocycles. The highest BCUT2D eigenvalue weighted by atomic mass is 35.5. The summed E-state index contributed by atoms with van der Waals surface area (Å²) in [4.78, 5) is 16.3. The molecule has 138 valence electrons. The summed E-state index contributed by atoms with van der Waals surface area (Å²) in [6.07, 6.45) is 3.14. The Bertz CT molecular complexity index is 865. The van der Waals surface area contributed by atoms with Crippen LogP contribution in [0.1, 0.15) is 12.8 Å². The first-order valence-corrected chi connectivity index (χ1v) is 10.9. The van der Waals surface area contributed by atoms with E-state index in [4.69, 9.17) is 11.6 Å². The third-order valence-electron chi connectivity index (χ3n) is 3.89. The lowest BCUT2D eigenvalue weighted by atomic mass is 10.3. The summed E-state index contributed by atoms with van der Waals surface area (Å²) in [5.74, 6) is 0.00120. The van der Waals surface area contributed by atoms with Crippen molar-refractivity contribution in [2.45, 2.75) is 22.8 Å². The van der Waals surface area contributed by atoms with E-state index in [-0.39, 0.29) is 16.6 Å². The average Bonchev–Trinajstić information content (AvgIpc) is 3.18. The Labute approximate surface area is 162 Å². The van der Waals surface area contributed by atoms with Crippen LogP contribution in [0, 0.1) is 0 Å². The fourth-order valence-corrected chi connectivity index (χ4v) is 4.78. The van der Waals surface area contributed by atoms with E-state index in [1.807, 2.05) is 0 Å². The Morgan fingerprint density at radius 3 is 2.46 bits per heavy atom. The Balaban J connectivity index is 1.55. The molecule has 6 nitrogen and oxygen atoms in total. The lowest BCUT2D eigenvalue weighted by molar-refractivity contribution is -0.113. The van der Waals surface area contributed by atoms with Gasteiger partial charge in [0.1, 0.15) is 4.90 Å². The lowest BCUT2D eigenvalue weighted by Gasteiger charge is -2.15. The molecule has 1 aliphatic rings. The molecule has 1 fully saturated rings. The molecule has 0 radical (unpaired) electrons. The summed E-state index contributed by atoms with van der Waals surface area (Å²) < 4.78 is 26.4. The van der Waals surface area contributed by atoms with Crippen molar-refractivity contribution in [1.82, 2.24) is 9.29 Å². The van der Waals surface area contributed by atoms with Crippen molar-refractivity contribution in [3.63, 3.8) is 0 Å². The van der Waals surface area contributed by atoms with Gasteiger partial charge in [0.2, 0.25) is 15.9 Å². The van der Waals surface area contributed by atoms with Gasteiger partial charge in [-0.05, 0) is 49.2 Å². The van der Waals surface area contributed by atoms with Gasteiger partial charge in [-0.25, -0.2) is 13.4 Å². The fraction of sp³-hybridized carbons (Fsp3) is 0.294. The van der Waals surface area contributed by atoms with Crippen LogP contribution in [0.4, 0.5) is 5.69 Å². The number of pyridine rings is 1. The van der Waals surface area contributed by atoms with Crippen LogP contribution < -0.4 is 5.32 Å². The van der Waals surface area contributed by atoms with E-state index in [1.165, 1.54) is 22.3 Å². The molecule has 0 spiro atoms. The number of carbonyl (C=O) groups excluding carboxylic acids is 1. The maximum atomic E-state index is 12.4. The summed E-state index contributed by atoms with van der Waals surface area (Å²) in [6, 6.07) is 10.0. The molecule has 1 aliphatic heterocycles. The largest absolute Gasteiger partial charge is 0.325 e. The third kappa shape index (κ3) is 4.76. The number of nitrogens with zero attached hydrogens (tertiary/aromatic N) is 2. The van der Waals surface area contributed by atoms with E-state index >= 15 is 0 Å². The average molecular weight is 412 g/mol. The minimum absolute atomic E-state index is 0.173. The van der Waals surface area contributed by atoms with Crippen LogP contribution in [0.15, 0.2) is 52.5 Å². The SMILES string of the molecule is O=C(CSc1ccc(S(=O)(=O)N2CCCC2)cn1)Nc1ccc(Cl)cc1. The number of aromatic nitrogens is 1. The minimum Gasteiger partial charge on any atom is -0.325 e. The number of halogens is 1. The summed E-state index contributed by atoms with van der Waals surface area (Å²) in [5, 5.41) is 3.96. The molecular formula is C17H18ClN3O3S2. The van der Waals surface area contributed by atoms with E-state index in [1.54, 1.807) is 36.4 Å². The number of anilines is 1. The van der Waals surface area contributed by atoms with Crippen LogP contribution in [0.25, 0.3) is 0 Å². The van der Waals surface area contributed by atoms with Crippen molar-refractivity contribution >= 4 is 45.0 Å². The Morgan fingerprint density at radius 2 is 1.85 bits per heavy atom. The van der Waals surface area contributed by atoms with Gasteiger partial charge in [-0.2, -0.15) is 4.31 Å². The van der Waals surface area contributed by atoms with Gasteiger partial charge in [0.15, 0.2) is 0 Å². The number of amides is 1. The first kappa shape index (κ1) is 19.2. The summed E-state index contributed by atoms with van der Waals surface area (Å²) >= 11 is 7.05. The first-order valence-electron chi connectivity index (χ1n) is 8.09. The number of nitrogens with one attached hydrogen (secondary N) is 1. The van der Waals surface area contributed by atoms with Gasteiger partial charge in [0.25, 0.3) is 0 Å². The molecule has 1 amide bonds. The molecule has 2 heterocycles. The minimum atomic E-state index is -3.46. The predicted octanol–water partition coefficient (Wildman–Crippen LogP) is 3.25. The first-order chi connectivity index (χ1) is 12.4. The molecule has 1 aromatic heterocycles. The van der Waals surface area contributed by atoms with Crippen LogP contribution in [-0.4, -0.2) is 42.5 Å². The topological polar surface area (TPSA) is 79.4 Å². The van der Waals surface area contributed by atoms with Gasteiger partial charge in [0, 0.05) is 30.0 Å².